The smallest absolute Gasteiger partial charge is 0.220 e. The van der Waals surface area contributed by atoms with Crippen LogP contribution in [-0.4, -0.2) is 58.2 Å². The van der Waals surface area contributed by atoms with E-state index in [-0.39, 0.29) is 11.5 Å². The molecule has 4 heterocycles. The van der Waals surface area contributed by atoms with Crippen molar-refractivity contribution >= 4 is 5.91 Å². The molecular weight excluding hydrogens is 340 g/mol. The minimum Gasteiger partial charge on any atom is -0.370 e. The largest absolute Gasteiger partial charge is 0.370 e. The molecule has 3 fully saturated rings. The van der Waals surface area contributed by atoms with Crippen LogP contribution in [0, 0.1) is 11.8 Å². The fourth-order valence-corrected chi connectivity index (χ4v) is 5.27. The van der Waals surface area contributed by atoms with Crippen LogP contribution in [0.25, 0.3) is 0 Å². The molecule has 3 aliphatic heterocycles. The van der Waals surface area contributed by atoms with Crippen LogP contribution in [0.15, 0.2) is 30.9 Å². The highest BCUT2D eigenvalue weighted by Gasteiger charge is 2.62. The van der Waals surface area contributed by atoms with Crippen molar-refractivity contribution in [3.8, 4) is 0 Å². The lowest BCUT2D eigenvalue weighted by molar-refractivity contribution is -0.121. The molecule has 1 amide bonds. The summed E-state index contributed by atoms with van der Waals surface area (Å²) in [5.41, 5.74) is 0.0426. The summed E-state index contributed by atoms with van der Waals surface area (Å²) in [6, 6.07) is 0. The van der Waals surface area contributed by atoms with Crippen LogP contribution < -0.4 is 5.32 Å². The summed E-state index contributed by atoms with van der Waals surface area (Å²) in [6.45, 7) is 6.93. The molecule has 4 atom stereocenters. The predicted molar refractivity (Wildman–Crippen MR) is 104 cm³/mol. The van der Waals surface area contributed by atoms with E-state index in [1.165, 1.54) is 6.42 Å². The topological polar surface area (TPSA) is 59.4 Å². The third-order valence-corrected chi connectivity index (χ3v) is 6.63. The van der Waals surface area contributed by atoms with E-state index >= 15 is 0 Å². The first-order valence-corrected chi connectivity index (χ1v) is 10.4. The molecule has 4 rings (SSSR count). The Morgan fingerprint density at radius 3 is 3.19 bits per heavy atom. The van der Waals surface area contributed by atoms with Gasteiger partial charge in [-0.25, -0.2) is 4.98 Å². The van der Waals surface area contributed by atoms with Crippen molar-refractivity contribution in [3.05, 3.63) is 30.9 Å². The Kier molecular flexibility index (Phi) is 5.64. The van der Waals surface area contributed by atoms with E-state index in [1.54, 1.807) is 0 Å². The molecule has 3 aliphatic rings. The normalized spacial score (nSPS) is 32.4. The standard InChI is InChI=1S/C21H32N4O2/c1-2-3-4-5-6-20(26)23-13-17-18-14-25(12-11-24-10-9-22-16-24)15-21(18)8-7-19(17)27-21/h2-3,9-10,16-19H,4-8,11-15H2,1H3,(H,23,26)/t17-,18+,19+,21+/m0/s1. The zero-order valence-corrected chi connectivity index (χ0v) is 16.3. The van der Waals surface area contributed by atoms with Gasteiger partial charge in [0.15, 0.2) is 0 Å². The van der Waals surface area contributed by atoms with Gasteiger partial charge < -0.3 is 14.6 Å². The number of carbonyl (C=O) groups is 1. The Bertz CT molecular complexity index is 659. The molecule has 6 nitrogen and oxygen atoms in total. The SMILES string of the molecule is CC=CCCCC(=O)NC[C@H]1[C@H]2CN(CCn3ccnc3)C[C@]23CC[C@H]1O3. The number of hydrogen-bond acceptors (Lipinski definition) is 4. The number of imidazole rings is 1. The molecule has 0 aromatic carbocycles. The van der Waals surface area contributed by atoms with Gasteiger partial charge in [0.25, 0.3) is 0 Å². The first-order chi connectivity index (χ1) is 13.2. The van der Waals surface area contributed by atoms with Gasteiger partial charge in [-0.3, -0.25) is 9.69 Å². The summed E-state index contributed by atoms with van der Waals surface area (Å²) in [7, 11) is 0. The second kappa shape index (κ2) is 8.15. The summed E-state index contributed by atoms with van der Waals surface area (Å²) in [4.78, 5) is 18.8. The molecule has 0 aliphatic carbocycles. The van der Waals surface area contributed by atoms with E-state index in [0.717, 1.165) is 52.0 Å². The van der Waals surface area contributed by atoms with Crippen molar-refractivity contribution < 1.29 is 9.53 Å². The van der Waals surface area contributed by atoms with Crippen LogP contribution in [-0.2, 0) is 16.1 Å². The van der Waals surface area contributed by atoms with Crippen molar-refractivity contribution in [1.29, 1.82) is 0 Å². The number of nitrogens with one attached hydrogen (secondary N) is 1. The van der Waals surface area contributed by atoms with Gasteiger partial charge in [0, 0.05) is 63.4 Å². The molecule has 6 heteroatoms. The minimum absolute atomic E-state index is 0.0426. The molecule has 1 N–H and O–H groups in total. The molecule has 0 unspecified atom stereocenters. The average Bonchev–Trinajstić information content (AvgIpc) is 3.42. The molecule has 2 bridgehead atoms. The highest BCUT2D eigenvalue weighted by molar-refractivity contribution is 5.75. The summed E-state index contributed by atoms with van der Waals surface area (Å²) < 4.78 is 8.62. The summed E-state index contributed by atoms with van der Waals surface area (Å²) in [6.07, 6.45) is 15.1. The first-order valence-electron chi connectivity index (χ1n) is 10.4. The lowest BCUT2D eigenvalue weighted by Gasteiger charge is -2.29. The van der Waals surface area contributed by atoms with Crippen molar-refractivity contribution in [2.45, 2.75) is 57.3 Å². The number of amides is 1. The van der Waals surface area contributed by atoms with Gasteiger partial charge >= 0.3 is 0 Å². The van der Waals surface area contributed by atoms with E-state index < -0.39 is 0 Å². The van der Waals surface area contributed by atoms with E-state index in [1.807, 2.05) is 31.7 Å². The Hall–Kier alpha value is -1.66. The molecule has 1 aromatic heterocycles. The predicted octanol–water partition coefficient (Wildman–Crippen LogP) is 2.23. The second-order valence-corrected chi connectivity index (χ2v) is 8.33. The van der Waals surface area contributed by atoms with Crippen molar-refractivity contribution in [1.82, 2.24) is 19.8 Å². The highest BCUT2D eigenvalue weighted by atomic mass is 16.5. The Morgan fingerprint density at radius 2 is 2.37 bits per heavy atom. The number of nitrogens with zero attached hydrogens (tertiary/aromatic N) is 3. The van der Waals surface area contributed by atoms with Crippen LogP contribution >= 0.6 is 0 Å². The molecule has 0 radical (unpaired) electrons. The van der Waals surface area contributed by atoms with Gasteiger partial charge in [0.1, 0.15) is 0 Å². The van der Waals surface area contributed by atoms with Gasteiger partial charge in [0.2, 0.25) is 5.91 Å². The van der Waals surface area contributed by atoms with Gasteiger partial charge in [0.05, 0.1) is 18.0 Å². The number of hydrogen-bond donors (Lipinski definition) is 1. The summed E-state index contributed by atoms with van der Waals surface area (Å²) in [5.74, 6) is 1.21. The molecular formula is C21H32N4O2. The number of fused-ring (bicyclic) bond motifs is 1. The number of likely N-dealkylation sites (tertiary alicyclic amines) is 1. The van der Waals surface area contributed by atoms with Crippen LogP contribution in [0.2, 0.25) is 0 Å². The third kappa shape index (κ3) is 3.97. The quantitative estimate of drug-likeness (QED) is 0.533. The van der Waals surface area contributed by atoms with E-state index in [4.69, 9.17) is 4.74 Å². The number of ether oxygens (including phenoxy) is 1. The monoisotopic (exact) mass is 372 g/mol. The molecule has 148 valence electrons. The van der Waals surface area contributed by atoms with Gasteiger partial charge in [-0.05, 0) is 32.6 Å². The van der Waals surface area contributed by atoms with Crippen molar-refractivity contribution in [3.63, 3.8) is 0 Å². The summed E-state index contributed by atoms with van der Waals surface area (Å²) in [5, 5.41) is 3.19. The zero-order chi connectivity index (χ0) is 18.7. The number of aromatic nitrogens is 2. The van der Waals surface area contributed by atoms with E-state index in [9.17, 15) is 4.79 Å². The Labute approximate surface area is 162 Å². The van der Waals surface area contributed by atoms with Crippen LogP contribution in [0.4, 0.5) is 0 Å². The average molecular weight is 373 g/mol. The van der Waals surface area contributed by atoms with E-state index in [0.29, 0.717) is 24.4 Å². The lowest BCUT2D eigenvalue weighted by atomic mass is 9.73. The van der Waals surface area contributed by atoms with E-state index in [2.05, 4.69) is 25.8 Å². The maximum Gasteiger partial charge on any atom is 0.220 e. The number of rotatable bonds is 9. The Balaban J connectivity index is 1.27. The first kappa shape index (κ1) is 18.7. The number of allylic oxidation sites excluding steroid dienone is 2. The van der Waals surface area contributed by atoms with Gasteiger partial charge in [-0.1, -0.05) is 12.2 Å². The zero-order valence-electron chi connectivity index (χ0n) is 16.3. The van der Waals surface area contributed by atoms with Crippen LogP contribution in [0.1, 0.15) is 39.0 Å². The molecule has 1 spiro atoms. The van der Waals surface area contributed by atoms with Gasteiger partial charge in [-0.2, -0.15) is 0 Å². The molecule has 0 saturated carbocycles. The van der Waals surface area contributed by atoms with Crippen LogP contribution in [0.3, 0.4) is 0 Å². The van der Waals surface area contributed by atoms with Gasteiger partial charge in [-0.15, -0.1) is 0 Å². The summed E-state index contributed by atoms with van der Waals surface area (Å²) >= 11 is 0. The molecule has 1 aromatic rings. The van der Waals surface area contributed by atoms with Crippen molar-refractivity contribution in [2.75, 3.05) is 26.2 Å². The van der Waals surface area contributed by atoms with Crippen molar-refractivity contribution in [2.24, 2.45) is 11.8 Å². The maximum atomic E-state index is 12.2. The number of unbranched alkanes of at least 4 members (excludes halogenated alkanes) is 1. The molecule has 3 saturated heterocycles. The highest BCUT2D eigenvalue weighted by Crippen LogP contribution is 2.54. The Morgan fingerprint density at radius 1 is 1.44 bits per heavy atom. The minimum atomic E-state index is 0.0426. The maximum absolute atomic E-state index is 12.2. The fourth-order valence-electron chi connectivity index (χ4n) is 5.27. The lowest BCUT2D eigenvalue weighted by Crippen LogP contribution is -2.41. The third-order valence-electron chi connectivity index (χ3n) is 6.63. The second-order valence-electron chi connectivity index (χ2n) is 8.33. The molecule has 27 heavy (non-hydrogen) atoms. The fraction of sp³-hybridized carbons (Fsp3) is 0.714. The van der Waals surface area contributed by atoms with Crippen LogP contribution in [0.5, 0.6) is 0 Å². The number of carbonyl (C=O) groups excluding carboxylic acids is 1.